The number of benzene rings is 1. The Morgan fingerprint density at radius 2 is 1.70 bits per heavy atom. The van der Waals surface area contributed by atoms with Gasteiger partial charge in [0.25, 0.3) is 0 Å². The summed E-state index contributed by atoms with van der Waals surface area (Å²) in [7, 11) is 0. The molecule has 2 saturated heterocycles. The number of nitrogens with zero attached hydrogens (tertiary/aromatic N) is 4. The van der Waals surface area contributed by atoms with Crippen LogP contribution < -0.4 is 4.74 Å². The van der Waals surface area contributed by atoms with Crippen molar-refractivity contribution in [3.05, 3.63) is 58.9 Å². The number of aromatic nitrogens is 1. The van der Waals surface area contributed by atoms with E-state index in [0.717, 1.165) is 64.2 Å². The lowest BCUT2D eigenvalue weighted by Gasteiger charge is -2.39. The third kappa shape index (κ3) is 4.80. The van der Waals surface area contributed by atoms with Crippen molar-refractivity contribution in [2.24, 2.45) is 5.92 Å². The number of hydrogen-bond donors (Lipinski definition) is 1. The second-order valence-corrected chi connectivity index (χ2v) is 9.26. The van der Waals surface area contributed by atoms with Crippen molar-refractivity contribution in [1.29, 1.82) is 0 Å². The molecule has 5 rings (SSSR count). The molecule has 1 N–H and O–H groups in total. The van der Waals surface area contributed by atoms with E-state index in [1.54, 1.807) is 12.3 Å². The molecule has 0 bridgehead atoms. The van der Waals surface area contributed by atoms with Crippen LogP contribution in [0.3, 0.4) is 0 Å². The topological polar surface area (TPSA) is 86.2 Å². The van der Waals surface area contributed by atoms with E-state index in [4.69, 9.17) is 4.74 Å². The Labute approximate surface area is 193 Å². The summed E-state index contributed by atoms with van der Waals surface area (Å²) in [6.07, 6.45) is 4.37. The van der Waals surface area contributed by atoms with Gasteiger partial charge in [-0.05, 0) is 42.4 Å². The second kappa shape index (κ2) is 9.39. The normalized spacial score (nSPS) is 18.7. The fraction of sp³-hybridized carbons (Fsp3) is 0.480. The van der Waals surface area contributed by atoms with Gasteiger partial charge in [-0.3, -0.25) is 9.88 Å². The minimum absolute atomic E-state index is 0.148. The van der Waals surface area contributed by atoms with Crippen LogP contribution in [0.4, 0.5) is 4.79 Å². The summed E-state index contributed by atoms with van der Waals surface area (Å²) in [5.41, 5.74) is 3.51. The lowest BCUT2D eigenvalue weighted by Crippen LogP contribution is -2.52. The first kappa shape index (κ1) is 21.7. The number of urea groups is 1. The highest BCUT2D eigenvalue weighted by molar-refractivity contribution is 5.90. The van der Waals surface area contributed by atoms with Crippen LogP contribution >= 0.6 is 0 Å². The number of amides is 2. The zero-order chi connectivity index (χ0) is 22.8. The van der Waals surface area contributed by atoms with Gasteiger partial charge in [-0.2, -0.15) is 0 Å². The first-order valence-electron chi connectivity index (χ1n) is 11.7. The summed E-state index contributed by atoms with van der Waals surface area (Å²) in [5, 5.41) is 9.74. The molecule has 174 valence electrons. The molecule has 0 saturated carbocycles. The highest BCUT2D eigenvalue weighted by Gasteiger charge is 2.29. The number of likely N-dealkylation sites (tertiary alicyclic amines) is 2. The molecule has 0 radical (unpaired) electrons. The maximum absolute atomic E-state index is 12.3. The van der Waals surface area contributed by atoms with Gasteiger partial charge in [-0.15, -0.1) is 0 Å². The van der Waals surface area contributed by atoms with E-state index >= 15 is 0 Å². The molecular formula is C25H30N4O4. The van der Waals surface area contributed by atoms with Crippen LogP contribution in [0, 0.1) is 5.92 Å². The van der Waals surface area contributed by atoms with Crippen molar-refractivity contribution in [2.45, 2.75) is 38.9 Å². The van der Waals surface area contributed by atoms with E-state index in [-0.39, 0.29) is 11.6 Å². The molecule has 2 fully saturated rings. The predicted molar refractivity (Wildman–Crippen MR) is 122 cm³/mol. The van der Waals surface area contributed by atoms with Crippen molar-refractivity contribution >= 4 is 12.0 Å². The van der Waals surface area contributed by atoms with Gasteiger partial charge in [0.05, 0.1) is 18.5 Å². The fourth-order valence-electron chi connectivity index (χ4n) is 4.81. The number of carbonyl (C=O) groups is 2. The Morgan fingerprint density at radius 3 is 2.30 bits per heavy atom. The average Bonchev–Trinajstić information content (AvgIpc) is 3.19. The highest BCUT2D eigenvalue weighted by Crippen LogP contribution is 2.26. The number of fused-ring (bicyclic) bond motifs is 1. The summed E-state index contributed by atoms with van der Waals surface area (Å²) < 4.78 is 5.92. The summed E-state index contributed by atoms with van der Waals surface area (Å²) in [6.45, 7) is 5.92. The van der Waals surface area contributed by atoms with Crippen molar-refractivity contribution in [3.63, 3.8) is 0 Å². The van der Waals surface area contributed by atoms with Crippen LogP contribution in [0.5, 0.6) is 5.75 Å². The van der Waals surface area contributed by atoms with E-state index in [2.05, 4.69) is 22.0 Å². The Kier molecular flexibility index (Phi) is 6.17. The number of carboxylic acid groups (broad SMARTS) is 1. The number of pyridine rings is 1. The molecule has 8 heteroatoms. The van der Waals surface area contributed by atoms with Crippen LogP contribution in [0.1, 0.15) is 46.4 Å². The quantitative estimate of drug-likeness (QED) is 0.727. The summed E-state index contributed by atoms with van der Waals surface area (Å²) >= 11 is 0. The molecule has 33 heavy (non-hydrogen) atoms. The molecule has 0 aliphatic carbocycles. The summed E-state index contributed by atoms with van der Waals surface area (Å²) in [6, 6.07) is 10.1. The van der Waals surface area contributed by atoms with Crippen molar-refractivity contribution in [3.8, 4) is 5.75 Å². The Hall–Kier alpha value is -3.13. The maximum atomic E-state index is 12.3. The zero-order valence-corrected chi connectivity index (χ0v) is 18.8. The van der Waals surface area contributed by atoms with Crippen LogP contribution in [-0.2, 0) is 19.6 Å². The second-order valence-electron chi connectivity index (χ2n) is 9.26. The number of piperidine rings is 1. The van der Waals surface area contributed by atoms with Gasteiger partial charge < -0.3 is 19.6 Å². The van der Waals surface area contributed by atoms with E-state index in [0.29, 0.717) is 24.8 Å². The minimum Gasteiger partial charge on any atom is -0.491 e. The molecule has 3 aliphatic rings. The Bertz CT molecular complexity index is 1010. The standard InChI is InChI=1S/C25H30N4O4/c30-24(31)22-12-21(16-27-14-19-4-1-2-5-20(19)15-27)26-13-23(22)33-17-18-6-10-29(11-7-18)25(32)28-8-3-9-28/h1-2,4-5,12-13,18H,3,6-11,14-17H2,(H,30,31). The fourth-order valence-corrected chi connectivity index (χ4v) is 4.81. The first-order chi connectivity index (χ1) is 16.1. The van der Waals surface area contributed by atoms with Crippen LogP contribution in [0.15, 0.2) is 36.5 Å². The van der Waals surface area contributed by atoms with Gasteiger partial charge in [-0.25, -0.2) is 9.59 Å². The number of carbonyl (C=O) groups excluding carboxylic acids is 1. The largest absolute Gasteiger partial charge is 0.491 e. The molecule has 1 aromatic heterocycles. The third-order valence-corrected chi connectivity index (χ3v) is 6.93. The number of rotatable bonds is 6. The average molecular weight is 451 g/mol. The number of carboxylic acids is 1. The van der Waals surface area contributed by atoms with Crippen molar-refractivity contribution in [1.82, 2.24) is 19.7 Å². The minimum atomic E-state index is -1.01. The molecular weight excluding hydrogens is 420 g/mol. The molecule has 3 aliphatic heterocycles. The maximum Gasteiger partial charge on any atom is 0.339 e. The number of aromatic carboxylic acids is 1. The Morgan fingerprint density at radius 1 is 1.03 bits per heavy atom. The van der Waals surface area contributed by atoms with E-state index < -0.39 is 5.97 Å². The molecule has 4 heterocycles. The van der Waals surface area contributed by atoms with Gasteiger partial charge in [-0.1, -0.05) is 24.3 Å². The van der Waals surface area contributed by atoms with Gasteiger partial charge in [0.2, 0.25) is 0 Å². The molecule has 2 amide bonds. The molecule has 0 unspecified atom stereocenters. The van der Waals surface area contributed by atoms with Gasteiger partial charge in [0.1, 0.15) is 5.56 Å². The lowest BCUT2D eigenvalue weighted by molar-refractivity contribution is 0.0687. The van der Waals surface area contributed by atoms with Gasteiger partial charge in [0.15, 0.2) is 5.75 Å². The molecule has 0 atom stereocenters. The van der Waals surface area contributed by atoms with Crippen LogP contribution in [-0.4, -0.2) is 69.6 Å². The van der Waals surface area contributed by atoms with E-state index in [1.165, 1.54) is 11.1 Å². The van der Waals surface area contributed by atoms with Crippen LogP contribution in [0.2, 0.25) is 0 Å². The third-order valence-electron chi connectivity index (χ3n) is 6.93. The van der Waals surface area contributed by atoms with Crippen LogP contribution in [0.25, 0.3) is 0 Å². The molecule has 1 aromatic carbocycles. The monoisotopic (exact) mass is 450 g/mol. The highest BCUT2D eigenvalue weighted by atomic mass is 16.5. The van der Waals surface area contributed by atoms with Gasteiger partial charge in [0, 0.05) is 45.8 Å². The molecule has 8 nitrogen and oxygen atoms in total. The van der Waals surface area contributed by atoms with Crippen molar-refractivity contribution < 1.29 is 19.4 Å². The molecule has 2 aromatic rings. The number of hydrogen-bond acceptors (Lipinski definition) is 5. The SMILES string of the molecule is O=C(O)c1cc(CN2Cc3ccccc3C2)ncc1OCC1CCN(C(=O)N2CCC2)CC1. The molecule has 0 spiro atoms. The Balaban J connectivity index is 1.15. The van der Waals surface area contributed by atoms with Gasteiger partial charge >= 0.3 is 12.0 Å². The number of ether oxygens (including phenoxy) is 1. The van der Waals surface area contributed by atoms with E-state index in [9.17, 15) is 14.7 Å². The van der Waals surface area contributed by atoms with Crippen molar-refractivity contribution in [2.75, 3.05) is 32.8 Å². The van der Waals surface area contributed by atoms with E-state index in [1.807, 2.05) is 21.9 Å². The smallest absolute Gasteiger partial charge is 0.339 e. The summed E-state index contributed by atoms with van der Waals surface area (Å²) in [4.78, 5) is 34.8. The lowest BCUT2D eigenvalue weighted by atomic mass is 9.98. The predicted octanol–water partition coefficient (Wildman–Crippen LogP) is 3.21. The summed E-state index contributed by atoms with van der Waals surface area (Å²) in [5.74, 6) is -0.391. The first-order valence-corrected chi connectivity index (χ1v) is 11.7. The zero-order valence-electron chi connectivity index (χ0n) is 18.8.